The van der Waals surface area contributed by atoms with Crippen LogP contribution in [0.4, 0.5) is 4.39 Å². The summed E-state index contributed by atoms with van der Waals surface area (Å²) in [5.74, 6) is 0.0330. The monoisotopic (exact) mass is 288 g/mol. The predicted octanol–water partition coefficient (Wildman–Crippen LogP) is 3.14. The first-order valence-electron chi connectivity index (χ1n) is 7.74. The number of halogens is 1. The highest BCUT2D eigenvalue weighted by Crippen LogP contribution is 2.59. The minimum absolute atomic E-state index is 0.0105. The van der Waals surface area contributed by atoms with Gasteiger partial charge in [-0.15, -0.1) is 0 Å². The first-order chi connectivity index (χ1) is 9.90. The van der Waals surface area contributed by atoms with Gasteiger partial charge in [0.05, 0.1) is 11.5 Å². The van der Waals surface area contributed by atoms with Crippen LogP contribution in [-0.2, 0) is 4.79 Å². The number of benzene rings is 1. The van der Waals surface area contributed by atoms with E-state index < -0.39 is 0 Å². The van der Waals surface area contributed by atoms with E-state index in [1.165, 1.54) is 6.07 Å². The fourth-order valence-electron chi connectivity index (χ4n) is 4.85. The van der Waals surface area contributed by atoms with Crippen molar-refractivity contribution in [2.45, 2.75) is 39.2 Å². The molecule has 1 atom stereocenters. The molecule has 1 aromatic carbocycles. The lowest BCUT2D eigenvalue weighted by Gasteiger charge is -2.49. The number of hydrogen-bond donors (Lipinski definition) is 0. The van der Waals surface area contributed by atoms with Crippen LogP contribution in [0.1, 0.15) is 44.7 Å². The number of carbonyl (C=O) groups is 1. The molecule has 0 N–H and O–H groups in total. The standard InChI is InChI=1S/C17H21FN2O/c1-16(2)9-17(10-16)11-19-7-6-14(20(19)15(17)21)12-4-3-5-13(18)8-12/h3-5,8,14H,6-7,9-11H2,1-2H3/t14-/m1/s1. The van der Waals surface area contributed by atoms with Crippen molar-refractivity contribution in [3.63, 3.8) is 0 Å². The highest BCUT2D eigenvalue weighted by molar-refractivity contribution is 5.86. The fourth-order valence-corrected chi connectivity index (χ4v) is 4.85. The van der Waals surface area contributed by atoms with Crippen LogP contribution in [0.2, 0.25) is 0 Å². The van der Waals surface area contributed by atoms with Crippen molar-refractivity contribution >= 4 is 5.91 Å². The molecule has 0 bridgehead atoms. The molecule has 2 heterocycles. The lowest BCUT2D eigenvalue weighted by Crippen LogP contribution is -2.50. The third-order valence-corrected chi connectivity index (χ3v) is 5.27. The summed E-state index contributed by atoms with van der Waals surface area (Å²) in [6.45, 7) is 6.21. The molecule has 2 saturated heterocycles. The number of fused-ring (bicyclic) bond motifs is 1. The number of hydrazine groups is 1. The van der Waals surface area contributed by atoms with E-state index in [2.05, 4.69) is 18.9 Å². The molecule has 0 unspecified atom stereocenters. The van der Waals surface area contributed by atoms with Crippen molar-refractivity contribution in [1.82, 2.24) is 10.0 Å². The van der Waals surface area contributed by atoms with E-state index >= 15 is 0 Å². The first kappa shape index (κ1) is 13.3. The second-order valence-corrected chi connectivity index (χ2v) is 7.70. The van der Waals surface area contributed by atoms with E-state index in [0.717, 1.165) is 37.9 Å². The highest BCUT2D eigenvalue weighted by atomic mass is 19.1. The maximum Gasteiger partial charge on any atom is 0.245 e. The fraction of sp³-hybridized carbons (Fsp3) is 0.588. The minimum atomic E-state index is -0.225. The Balaban J connectivity index is 1.62. The van der Waals surface area contributed by atoms with E-state index in [0.29, 0.717) is 0 Å². The van der Waals surface area contributed by atoms with Crippen LogP contribution in [0.5, 0.6) is 0 Å². The molecule has 3 fully saturated rings. The van der Waals surface area contributed by atoms with Gasteiger partial charge in [0.2, 0.25) is 5.91 Å². The average Bonchev–Trinajstić information content (AvgIpc) is 2.88. The third-order valence-electron chi connectivity index (χ3n) is 5.27. The van der Waals surface area contributed by atoms with Gasteiger partial charge in [-0.25, -0.2) is 9.40 Å². The molecular formula is C17H21FN2O. The van der Waals surface area contributed by atoms with Crippen molar-refractivity contribution in [2.75, 3.05) is 13.1 Å². The summed E-state index contributed by atoms with van der Waals surface area (Å²) in [7, 11) is 0. The number of rotatable bonds is 1. The Kier molecular flexibility index (Phi) is 2.57. The molecule has 0 aromatic heterocycles. The van der Waals surface area contributed by atoms with Crippen LogP contribution >= 0.6 is 0 Å². The third kappa shape index (κ3) is 1.85. The van der Waals surface area contributed by atoms with Crippen LogP contribution in [0.25, 0.3) is 0 Å². The smallest absolute Gasteiger partial charge is 0.245 e. The molecule has 4 rings (SSSR count). The Bertz CT molecular complexity index is 605. The quantitative estimate of drug-likeness (QED) is 0.792. The van der Waals surface area contributed by atoms with Crippen molar-refractivity contribution < 1.29 is 9.18 Å². The summed E-state index contributed by atoms with van der Waals surface area (Å²) in [6.07, 6.45) is 2.85. The molecular weight excluding hydrogens is 267 g/mol. The zero-order valence-electron chi connectivity index (χ0n) is 12.6. The van der Waals surface area contributed by atoms with Crippen LogP contribution in [0.3, 0.4) is 0 Å². The van der Waals surface area contributed by atoms with E-state index in [9.17, 15) is 9.18 Å². The van der Waals surface area contributed by atoms with E-state index in [1.807, 2.05) is 11.1 Å². The Morgan fingerprint density at radius 1 is 1.29 bits per heavy atom. The second kappa shape index (κ2) is 4.07. The molecule has 4 heteroatoms. The number of nitrogens with zero attached hydrogens (tertiary/aromatic N) is 2. The van der Waals surface area contributed by atoms with Crippen molar-refractivity contribution in [1.29, 1.82) is 0 Å². The van der Waals surface area contributed by atoms with Gasteiger partial charge in [-0.3, -0.25) is 9.80 Å². The molecule has 112 valence electrons. The lowest BCUT2D eigenvalue weighted by molar-refractivity contribution is -0.151. The molecule has 21 heavy (non-hydrogen) atoms. The Labute approximate surface area is 124 Å². The van der Waals surface area contributed by atoms with E-state index in [-0.39, 0.29) is 28.6 Å². The Hall–Kier alpha value is -1.42. The van der Waals surface area contributed by atoms with E-state index in [4.69, 9.17) is 0 Å². The van der Waals surface area contributed by atoms with Gasteiger partial charge in [0.25, 0.3) is 0 Å². The molecule has 1 spiro atoms. The van der Waals surface area contributed by atoms with Crippen molar-refractivity contribution in [3.05, 3.63) is 35.6 Å². The summed E-state index contributed by atoms with van der Waals surface area (Å²) in [5.41, 5.74) is 1.03. The van der Waals surface area contributed by atoms with Crippen LogP contribution < -0.4 is 0 Å². The normalized spacial score (nSPS) is 29.8. The van der Waals surface area contributed by atoms with Crippen molar-refractivity contribution in [2.24, 2.45) is 10.8 Å². The summed E-state index contributed by atoms with van der Waals surface area (Å²) >= 11 is 0. The van der Waals surface area contributed by atoms with E-state index in [1.54, 1.807) is 12.1 Å². The predicted molar refractivity (Wildman–Crippen MR) is 77.6 cm³/mol. The van der Waals surface area contributed by atoms with Crippen LogP contribution in [0, 0.1) is 16.6 Å². The summed E-state index contributed by atoms with van der Waals surface area (Å²) < 4.78 is 13.5. The molecule has 2 aliphatic heterocycles. The summed E-state index contributed by atoms with van der Waals surface area (Å²) in [5, 5.41) is 4.11. The molecule has 1 aromatic rings. The maximum absolute atomic E-state index is 13.5. The average molecular weight is 288 g/mol. The summed E-state index contributed by atoms with van der Waals surface area (Å²) in [6, 6.07) is 6.70. The van der Waals surface area contributed by atoms with Gasteiger partial charge in [0.1, 0.15) is 5.82 Å². The van der Waals surface area contributed by atoms with Gasteiger partial charge in [0.15, 0.2) is 0 Å². The van der Waals surface area contributed by atoms with Gasteiger partial charge in [0, 0.05) is 13.1 Å². The van der Waals surface area contributed by atoms with Gasteiger partial charge < -0.3 is 0 Å². The highest BCUT2D eigenvalue weighted by Gasteiger charge is 2.63. The molecule has 1 saturated carbocycles. The van der Waals surface area contributed by atoms with Crippen LogP contribution in [0.15, 0.2) is 24.3 Å². The number of carbonyl (C=O) groups excluding carboxylic acids is 1. The largest absolute Gasteiger partial charge is 0.273 e. The molecule has 1 aliphatic carbocycles. The zero-order valence-corrected chi connectivity index (χ0v) is 12.6. The number of amides is 1. The van der Waals surface area contributed by atoms with Gasteiger partial charge >= 0.3 is 0 Å². The molecule has 3 aliphatic rings. The molecule has 1 amide bonds. The van der Waals surface area contributed by atoms with Crippen molar-refractivity contribution in [3.8, 4) is 0 Å². The number of hydrogen-bond acceptors (Lipinski definition) is 2. The molecule has 3 nitrogen and oxygen atoms in total. The Morgan fingerprint density at radius 2 is 2.05 bits per heavy atom. The zero-order chi connectivity index (χ0) is 14.8. The van der Waals surface area contributed by atoms with Gasteiger partial charge in [-0.05, 0) is 42.4 Å². The topological polar surface area (TPSA) is 23.6 Å². The maximum atomic E-state index is 13.5. The minimum Gasteiger partial charge on any atom is -0.273 e. The second-order valence-electron chi connectivity index (χ2n) is 7.70. The van der Waals surface area contributed by atoms with Gasteiger partial charge in [-0.2, -0.15) is 0 Å². The Morgan fingerprint density at radius 3 is 2.71 bits per heavy atom. The van der Waals surface area contributed by atoms with Gasteiger partial charge in [-0.1, -0.05) is 26.0 Å². The lowest BCUT2D eigenvalue weighted by atomic mass is 9.54. The first-order valence-corrected chi connectivity index (χ1v) is 7.74. The molecule has 0 radical (unpaired) electrons. The SMILES string of the molecule is CC1(C)CC2(CN3CC[C@H](c4cccc(F)c4)N3C2=O)C1. The van der Waals surface area contributed by atoms with Crippen LogP contribution in [-0.4, -0.2) is 29.0 Å². The summed E-state index contributed by atoms with van der Waals surface area (Å²) in [4.78, 5) is 12.9.